The fourth-order valence-electron chi connectivity index (χ4n) is 2.14. The van der Waals surface area contributed by atoms with Gasteiger partial charge in [-0.3, -0.25) is 9.78 Å². The molecule has 0 spiro atoms. The van der Waals surface area contributed by atoms with Crippen molar-refractivity contribution in [1.29, 1.82) is 0 Å². The van der Waals surface area contributed by atoms with Gasteiger partial charge in [-0.15, -0.1) is 0 Å². The smallest absolute Gasteiger partial charge is 0.407 e. The Morgan fingerprint density at radius 1 is 1.07 bits per heavy atom. The summed E-state index contributed by atoms with van der Waals surface area (Å²) in [4.78, 5) is 28.0. The van der Waals surface area contributed by atoms with E-state index >= 15 is 0 Å². The molecule has 1 aromatic carbocycles. The second-order valence-corrected chi connectivity index (χ2v) is 6.81. The summed E-state index contributed by atoms with van der Waals surface area (Å²) in [6.45, 7) is 6.31. The van der Waals surface area contributed by atoms with Crippen molar-refractivity contribution in [2.24, 2.45) is 0 Å². The topological polar surface area (TPSA) is 89.5 Å². The number of nitrogens with zero attached hydrogens (tertiary/aromatic N) is 1. The number of carbonyl (C=O) groups is 2. The maximum Gasteiger partial charge on any atom is 0.407 e. The van der Waals surface area contributed by atoms with E-state index in [0.29, 0.717) is 24.4 Å². The standard InChI is InChI=1S/C20H25N3O4/c1-20(2,3)27-19(25)22-11-12-26-17-9-6-7-15(13-17)18(24)23-14-16-8-4-5-10-21-16/h4-10,13H,11-12,14H2,1-3H3,(H,22,25)(H,23,24). The lowest BCUT2D eigenvalue weighted by atomic mass is 10.2. The summed E-state index contributed by atoms with van der Waals surface area (Å²) in [7, 11) is 0. The van der Waals surface area contributed by atoms with Crippen molar-refractivity contribution in [3.8, 4) is 5.75 Å². The number of pyridine rings is 1. The summed E-state index contributed by atoms with van der Waals surface area (Å²) in [5, 5.41) is 5.43. The first-order valence-electron chi connectivity index (χ1n) is 8.71. The molecule has 0 radical (unpaired) electrons. The van der Waals surface area contributed by atoms with Gasteiger partial charge in [0, 0.05) is 11.8 Å². The number of carbonyl (C=O) groups excluding carboxylic acids is 2. The van der Waals surface area contributed by atoms with Crippen molar-refractivity contribution >= 4 is 12.0 Å². The quantitative estimate of drug-likeness (QED) is 0.731. The van der Waals surface area contributed by atoms with Crippen molar-refractivity contribution in [2.75, 3.05) is 13.2 Å². The number of aromatic nitrogens is 1. The lowest BCUT2D eigenvalue weighted by Crippen LogP contribution is -2.34. The summed E-state index contributed by atoms with van der Waals surface area (Å²) in [6, 6.07) is 12.4. The minimum atomic E-state index is -0.540. The van der Waals surface area contributed by atoms with Crippen LogP contribution in [0.15, 0.2) is 48.7 Å². The van der Waals surface area contributed by atoms with Gasteiger partial charge in [-0.1, -0.05) is 12.1 Å². The molecule has 0 aliphatic heterocycles. The predicted molar refractivity (Wildman–Crippen MR) is 102 cm³/mol. The SMILES string of the molecule is CC(C)(C)OC(=O)NCCOc1cccc(C(=O)NCc2ccccn2)c1. The van der Waals surface area contributed by atoms with E-state index < -0.39 is 11.7 Å². The molecule has 2 rings (SSSR count). The van der Waals surface area contributed by atoms with Crippen molar-refractivity contribution < 1.29 is 19.1 Å². The van der Waals surface area contributed by atoms with Gasteiger partial charge in [0.2, 0.25) is 0 Å². The number of benzene rings is 1. The predicted octanol–water partition coefficient (Wildman–Crippen LogP) is 2.92. The number of hydrogen-bond donors (Lipinski definition) is 2. The molecule has 144 valence electrons. The number of ether oxygens (including phenoxy) is 2. The molecule has 0 saturated heterocycles. The van der Waals surface area contributed by atoms with E-state index in [4.69, 9.17) is 9.47 Å². The van der Waals surface area contributed by atoms with Gasteiger partial charge in [0.25, 0.3) is 5.91 Å². The molecular weight excluding hydrogens is 346 g/mol. The zero-order chi connectivity index (χ0) is 19.7. The summed E-state index contributed by atoms with van der Waals surface area (Å²) in [6.07, 6.45) is 1.19. The Kier molecular flexibility index (Phi) is 7.16. The second-order valence-electron chi connectivity index (χ2n) is 6.81. The fourth-order valence-corrected chi connectivity index (χ4v) is 2.14. The number of alkyl carbamates (subject to hydrolysis) is 1. The van der Waals surface area contributed by atoms with Gasteiger partial charge in [-0.2, -0.15) is 0 Å². The van der Waals surface area contributed by atoms with Crippen LogP contribution in [0.2, 0.25) is 0 Å². The van der Waals surface area contributed by atoms with Crippen LogP contribution >= 0.6 is 0 Å². The highest BCUT2D eigenvalue weighted by atomic mass is 16.6. The minimum Gasteiger partial charge on any atom is -0.492 e. The Morgan fingerprint density at radius 3 is 2.59 bits per heavy atom. The Bertz CT molecular complexity index is 757. The van der Waals surface area contributed by atoms with Crippen LogP contribution in [-0.2, 0) is 11.3 Å². The zero-order valence-corrected chi connectivity index (χ0v) is 15.8. The molecule has 7 heteroatoms. The lowest BCUT2D eigenvalue weighted by Gasteiger charge is -2.19. The molecule has 0 saturated carbocycles. The van der Waals surface area contributed by atoms with Crippen molar-refractivity contribution in [1.82, 2.24) is 15.6 Å². The van der Waals surface area contributed by atoms with Gasteiger partial charge in [0.1, 0.15) is 18.0 Å². The largest absolute Gasteiger partial charge is 0.492 e. The monoisotopic (exact) mass is 371 g/mol. The maximum atomic E-state index is 12.3. The molecule has 1 aromatic heterocycles. The molecule has 0 bridgehead atoms. The van der Waals surface area contributed by atoms with Gasteiger partial charge in [0.15, 0.2) is 0 Å². The lowest BCUT2D eigenvalue weighted by molar-refractivity contribution is 0.0520. The number of rotatable bonds is 7. The highest BCUT2D eigenvalue weighted by molar-refractivity contribution is 5.94. The van der Waals surface area contributed by atoms with Crippen LogP contribution in [-0.4, -0.2) is 35.7 Å². The summed E-state index contributed by atoms with van der Waals surface area (Å²) < 4.78 is 10.7. The van der Waals surface area contributed by atoms with E-state index in [2.05, 4.69) is 15.6 Å². The van der Waals surface area contributed by atoms with Gasteiger partial charge < -0.3 is 20.1 Å². The molecule has 0 aliphatic carbocycles. The first-order chi connectivity index (χ1) is 12.8. The number of amides is 2. The van der Waals surface area contributed by atoms with E-state index in [1.54, 1.807) is 51.2 Å². The fraction of sp³-hybridized carbons (Fsp3) is 0.350. The molecule has 2 N–H and O–H groups in total. The molecule has 2 aromatic rings. The van der Waals surface area contributed by atoms with E-state index in [1.165, 1.54) is 0 Å². The molecule has 0 fully saturated rings. The Morgan fingerprint density at radius 2 is 1.89 bits per heavy atom. The molecule has 0 atom stereocenters. The van der Waals surface area contributed by atoms with Crippen molar-refractivity contribution in [3.63, 3.8) is 0 Å². The first kappa shape index (κ1) is 20.2. The highest BCUT2D eigenvalue weighted by Crippen LogP contribution is 2.13. The van der Waals surface area contributed by atoms with Crippen LogP contribution in [0, 0.1) is 0 Å². The van der Waals surface area contributed by atoms with E-state index in [-0.39, 0.29) is 12.5 Å². The third kappa shape index (κ3) is 7.77. The van der Waals surface area contributed by atoms with Crippen molar-refractivity contribution in [2.45, 2.75) is 32.9 Å². The van der Waals surface area contributed by atoms with Crippen molar-refractivity contribution in [3.05, 3.63) is 59.9 Å². The van der Waals surface area contributed by atoms with Crippen LogP contribution in [0.4, 0.5) is 4.79 Å². The minimum absolute atomic E-state index is 0.210. The van der Waals surface area contributed by atoms with Crippen LogP contribution in [0.1, 0.15) is 36.8 Å². The molecule has 7 nitrogen and oxygen atoms in total. The Hall–Kier alpha value is -3.09. The second kappa shape index (κ2) is 9.56. The molecular formula is C20H25N3O4. The number of nitrogens with one attached hydrogen (secondary N) is 2. The van der Waals surface area contributed by atoms with E-state index in [9.17, 15) is 9.59 Å². The van der Waals surface area contributed by atoms with E-state index in [0.717, 1.165) is 5.69 Å². The molecule has 1 heterocycles. The Balaban J connectivity index is 1.77. The first-order valence-corrected chi connectivity index (χ1v) is 8.71. The normalized spacial score (nSPS) is 10.8. The summed E-state index contributed by atoms with van der Waals surface area (Å²) in [5.74, 6) is 0.337. The van der Waals surface area contributed by atoms with Gasteiger partial charge in [0.05, 0.1) is 18.8 Å². The highest BCUT2D eigenvalue weighted by Gasteiger charge is 2.15. The summed E-state index contributed by atoms with van der Waals surface area (Å²) in [5.41, 5.74) is 0.733. The van der Waals surface area contributed by atoms with Crippen LogP contribution in [0.3, 0.4) is 0 Å². The zero-order valence-electron chi connectivity index (χ0n) is 15.8. The maximum absolute atomic E-state index is 12.3. The molecule has 0 aliphatic rings. The third-order valence-corrected chi connectivity index (χ3v) is 3.29. The van der Waals surface area contributed by atoms with Crippen LogP contribution in [0.25, 0.3) is 0 Å². The summed E-state index contributed by atoms with van der Waals surface area (Å²) >= 11 is 0. The third-order valence-electron chi connectivity index (χ3n) is 3.29. The average Bonchev–Trinajstić information content (AvgIpc) is 2.63. The number of hydrogen-bond acceptors (Lipinski definition) is 5. The van der Waals surface area contributed by atoms with E-state index in [1.807, 2.05) is 18.2 Å². The molecule has 27 heavy (non-hydrogen) atoms. The molecule has 2 amide bonds. The average molecular weight is 371 g/mol. The van der Waals surface area contributed by atoms with Crippen LogP contribution < -0.4 is 15.4 Å². The molecule has 0 unspecified atom stereocenters. The van der Waals surface area contributed by atoms with Gasteiger partial charge >= 0.3 is 6.09 Å². The van der Waals surface area contributed by atoms with Gasteiger partial charge in [-0.05, 0) is 51.1 Å². The van der Waals surface area contributed by atoms with Crippen LogP contribution in [0.5, 0.6) is 5.75 Å². The Labute approximate surface area is 159 Å². The van der Waals surface area contributed by atoms with Gasteiger partial charge in [-0.25, -0.2) is 4.79 Å².